The predicted molar refractivity (Wildman–Crippen MR) is 79.6 cm³/mol. The standard InChI is InChI=1S/C14H20ClN3O2/c1-18(2)14(5-3-4-6-14)9-16-12-8-10(13(19)20)7-11(15)17-12/h7-8H,3-6,9H2,1-2H3,(H,16,17)(H,19,20). The molecule has 1 aromatic heterocycles. The number of likely N-dealkylation sites (N-methyl/N-ethyl adjacent to an activating group) is 1. The highest BCUT2D eigenvalue weighted by atomic mass is 35.5. The number of hydrogen-bond donors (Lipinski definition) is 2. The number of aromatic nitrogens is 1. The number of pyridine rings is 1. The van der Waals surface area contributed by atoms with Crippen LogP contribution in [0.5, 0.6) is 0 Å². The Balaban J connectivity index is 2.12. The molecular weight excluding hydrogens is 278 g/mol. The molecule has 6 heteroatoms. The van der Waals surface area contributed by atoms with Crippen molar-refractivity contribution in [1.29, 1.82) is 0 Å². The van der Waals surface area contributed by atoms with E-state index in [-0.39, 0.29) is 16.3 Å². The van der Waals surface area contributed by atoms with Crippen LogP contribution >= 0.6 is 11.6 Å². The lowest BCUT2D eigenvalue weighted by atomic mass is 9.96. The molecule has 1 heterocycles. The second kappa shape index (κ2) is 5.97. The molecule has 0 atom stereocenters. The van der Waals surface area contributed by atoms with Crippen LogP contribution in [0.2, 0.25) is 5.15 Å². The molecule has 0 bridgehead atoms. The number of nitrogens with zero attached hydrogens (tertiary/aromatic N) is 2. The summed E-state index contributed by atoms with van der Waals surface area (Å²) in [6.07, 6.45) is 4.73. The molecule has 5 nitrogen and oxygen atoms in total. The molecule has 0 spiro atoms. The molecular formula is C14H20ClN3O2. The molecule has 20 heavy (non-hydrogen) atoms. The molecule has 0 aromatic carbocycles. The number of hydrogen-bond acceptors (Lipinski definition) is 4. The van der Waals surface area contributed by atoms with E-state index in [9.17, 15) is 4.79 Å². The lowest BCUT2D eigenvalue weighted by Gasteiger charge is -2.36. The topological polar surface area (TPSA) is 65.5 Å². The monoisotopic (exact) mass is 297 g/mol. The van der Waals surface area contributed by atoms with Crippen LogP contribution in [0.1, 0.15) is 36.0 Å². The van der Waals surface area contributed by atoms with Crippen molar-refractivity contribution in [1.82, 2.24) is 9.88 Å². The van der Waals surface area contributed by atoms with E-state index in [2.05, 4.69) is 29.3 Å². The minimum Gasteiger partial charge on any atom is -0.478 e. The number of carbonyl (C=O) groups is 1. The summed E-state index contributed by atoms with van der Waals surface area (Å²) >= 11 is 5.86. The predicted octanol–water partition coefficient (Wildman–Crippen LogP) is 2.72. The number of nitrogens with one attached hydrogen (secondary N) is 1. The van der Waals surface area contributed by atoms with E-state index in [1.807, 2.05) is 0 Å². The van der Waals surface area contributed by atoms with Crippen LogP contribution in [0.4, 0.5) is 5.82 Å². The van der Waals surface area contributed by atoms with E-state index in [4.69, 9.17) is 16.7 Å². The van der Waals surface area contributed by atoms with Gasteiger partial charge in [-0.1, -0.05) is 24.4 Å². The Hall–Kier alpha value is -1.33. The molecule has 1 saturated carbocycles. The van der Waals surface area contributed by atoms with E-state index in [0.29, 0.717) is 5.82 Å². The molecule has 0 unspecified atom stereocenters. The number of aromatic carboxylic acids is 1. The van der Waals surface area contributed by atoms with Gasteiger partial charge >= 0.3 is 5.97 Å². The first-order valence-electron chi connectivity index (χ1n) is 6.75. The van der Waals surface area contributed by atoms with Gasteiger partial charge in [0.15, 0.2) is 0 Å². The Kier molecular flexibility index (Phi) is 4.50. The van der Waals surface area contributed by atoms with Gasteiger partial charge in [0.2, 0.25) is 0 Å². The lowest BCUT2D eigenvalue weighted by molar-refractivity contribution is 0.0697. The molecule has 110 valence electrons. The number of carboxylic acids is 1. The summed E-state index contributed by atoms with van der Waals surface area (Å²) < 4.78 is 0. The summed E-state index contributed by atoms with van der Waals surface area (Å²) in [7, 11) is 4.17. The van der Waals surface area contributed by atoms with Crippen molar-refractivity contribution in [3.63, 3.8) is 0 Å². The van der Waals surface area contributed by atoms with Gasteiger partial charge in [0, 0.05) is 12.1 Å². The van der Waals surface area contributed by atoms with Gasteiger partial charge in [0.05, 0.1) is 5.56 Å². The normalized spacial score (nSPS) is 17.4. The highest BCUT2D eigenvalue weighted by Crippen LogP contribution is 2.33. The van der Waals surface area contributed by atoms with Gasteiger partial charge in [0.25, 0.3) is 0 Å². The van der Waals surface area contributed by atoms with Crippen LogP contribution in [-0.4, -0.2) is 47.1 Å². The van der Waals surface area contributed by atoms with Crippen molar-refractivity contribution < 1.29 is 9.90 Å². The van der Waals surface area contributed by atoms with Gasteiger partial charge in [-0.2, -0.15) is 0 Å². The zero-order valence-electron chi connectivity index (χ0n) is 11.8. The maximum Gasteiger partial charge on any atom is 0.335 e. The Morgan fingerprint density at radius 1 is 1.45 bits per heavy atom. The molecule has 0 amide bonds. The van der Waals surface area contributed by atoms with E-state index in [1.54, 1.807) is 0 Å². The quantitative estimate of drug-likeness (QED) is 0.818. The molecule has 2 rings (SSSR count). The maximum absolute atomic E-state index is 11.0. The molecule has 1 aliphatic rings. The second-order valence-electron chi connectivity index (χ2n) is 5.55. The Labute approximate surface area is 123 Å². The van der Waals surface area contributed by atoms with E-state index in [0.717, 1.165) is 19.4 Å². The van der Waals surface area contributed by atoms with Crippen LogP contribution < -0.4 is 5.32 Å². The first-order valence-corrected chi connectivity index (χ1v) is 7.13. The average Bonchev–Trinajstić information content (AvgIpc) is 2.86. The van der Waals surface area contributed by atoms with Gasteiger partial charge in [-0.05, 0) is 39.1 Å². The number of rotatable bonds is 5. The van der Waals surface area contributed by atoms with Crippen molar-refractivity contribution in [3.05, 3.63) is 22.8 Å². The zero-order valence-corrected chi connectivity index (χ0v) is 12.6. The zero-order chi connectivity index (χ0) is 14.8. The van der Waals surface area contributed by atoms with E-state index >= 15 is 0 Å². The summed E-state index contributed by atoms with van der Waals surface area (Å²) in [6, 6.07) is 2.87. The Bertz CT molecular complexity index is 499. The van der Waals surface area contributed by atoms with E-state index in [1.165, 1.54) is 25.0 Å². The number of anilines is 1. The average molecular weight is 298 g/mol. The molecule has 1 aromatic rings. The first kappa shape index (κ1) is 15.1. The fourth-order valence-corrected chi connectivity index (χ4v) is 2.99. The third-order valence-electron chi connectivity index (χ3n) is 4.12. The Morgan fingerprint density at radius 2 is 2.10 bits per heavy atom. The highest BCUT2D eigenvalue weighted by molar-refractivity contribution is 6.29. The van der Waals surface area contributed by atoms with Crippen molar-refractivity contribution in [2.45, 2.75) is 31.2 Å². The maximum atomic E-state index is 11.0. The van der Waals surface area contributed by atoms with Crippen LogP contribution in [0.3, 0.4) is 0 Å². The number of halogens is 1. The van der Waals surface area contributed by atoms with Crippen molar-refractivity contribution >= 4 is 23.4 Å². The highest BCUT2D eigenvalue weighted by Gasteiger charge is 2.35. The van der Waals surface area contributed by atoms with Gasteiger partial charge < -0.3 is 15.3 Å². The molecule has 0 radical (unpaired) electrons. The SMILES string of the molecule is CN(C)C1(CNc2cc(C(=O)O)cc(Cl)n2)CCCC1. The third-order valence-corrected chi connectivity index (χ3v) is 4.32. The largest absolute Gasteiger partial charge is 0.478 e. The third kappa shape index (κ3) is 3.22. The second-order valence-corrected chi connectivity index (χ2v) is 5.94. The molecule has 0 saturated heterocycles. The van der Waals surface area contributed by atoms with Crippen molar-refractivity contribution in [3.8, 4) is 0 Å². The molecule has 2 N–H and O–H groups in total. The van der Waals surface area contributed by atoms with Gasteiger partial charge in [0.1, 0.15) is 11.0 Å². The fourth-order valence-electron chi connectivity index (χ4n) is 2.78. The summed E-state index contributed by atoms with van der Waals surface area (Å²) in [5.74, 6) is -0.483. The van der Waals surface area contributed by atoms with Gasteiger partial charge in [-0.3, -0.25) is 0 Å². The molecule has 1 aliphatic carbocycles. The fraction of sp³-hybridized carbons (Fsp3) is 0.571. The van der Waals surface area contributed by atoms with E-state index < -0.39 is 5.97 Å². The minimum atomic E-state index is -1.000. The van der Waals surface area contributed by atoms with Gasteiger partial charge in [-0.25, -0.2) is 9.78 Å². The summed E-state index contributed by atoms with van der Waals surface area (Å²) in [5.41, 5.74) is 0.269. The minimum absolute atomic E-state index is 0.118. The Morgan fingerprint density at radius 3 is 2.65 bits per heavy atom. The van der Waals surface area contributed by atoms with Crippen LogP contribution in [0.15, 0.2) is 12.1 Å². The summed E-state index contributed by atoms with van der Waals surface area (Å²) in [4.78, 5) is 17.4. The lowest BCUT2D eigenvalue weighted by Crippen LogP contribution is -2.47. The summed E-state index contributed by atoms with van der Waals surface area (Å²) in [6.45, 7) is 0.742. The van der Waals surface area contributed by atoms with Crippen molar-refractivity contribution in [2.75, 3.05) is 26.0 Å². The van der Waals surface area contributed by atoms with Crippen LogP contribution in [0, 0.1) is 0 Å². The van der Waals surface area contributed by atoms with Crippen molar-refractivity contribution in [2.24, 2.45) is 0 Å². The molecule has 0 aliphatic heterocycles. The molecule has 1 fully saturated rings. The van der Waals surface area contributed by atoms with Crippen LogP contribution in [-0.2, 0) is 0 Å². The first-order chi connectivity index (χ1) is 9.43. The summed E-state index contributed by atoms with van der Waals surface area (Å²) in [5, 5.41) is 12.5. The number of carboxylic acid groups (broad SMARTS) is 1. The smallest absolute Gasteiger partial charge is 0.335 e. The van der Waals surface area contributed by atoms with Gasteiger partial charge in [-0.15, -0.1) is 0 Å². The van der Waals surface area contributed by atoms with Crippen LogP contribution in [0.25, 0.3) is 0 Å².